The molecule has 0 atom stereocenters. The van der Waals surface area contributed by atoms with Gasteiger partial charge < -0.3 is 4.74 Å². The quantitative estimate of drug-likeness (QED) is 0.814. The second-order valence-electron chi connectivity index (χ2n) is 4.93. The Labute approximate surface area is 108 Å². The van der Waals surface area contributed by atoms with Gasteiger partial charge in [-0.2, -0.15) is 0 Å². The number of rotatable bonds is 3. The minimum atomic E-state index is -0.203. The summed E-state index contributed by atoms with van der Waals surface area (Å²) in [5.41, 5.74) is 1.77. The normalized spacial score (nSPS) is 16.8. The summed E-state index contributed by atoms with van der Waals surface area (Å²) >= 11 is 0. The average molecular weight is 249 g/mol. The molecule has 0 aromatic heterocycles. The molecule has 0 radical (unpaired) electrons. The molecule has 98 valence electrons. The maximum absolute atomic E-state index is 14.0. The highest BCUT2D eigenvalue weighted by molar-refractivity contribution is 5.68. The first-order chi connectivity index (χ1) is 8.61. The highest BCUT2D eigenvalue weighted by atomic mass is 19.1. The zero-order valence-electron chi connectivity index (χ0n) is 11.2. The molecule has 0 bridgehead atoms. The van der Waals surface area contributed by atoms with Crippen LogP contribution in [0.15, 0.2) is 24.3 Å². The summed E-state index contributed by atoms with van der Waals surface area (Å²) < 4.78 is 19.0. The maximum Gasteiger partial charge on any atom is 0.134 e. The first kappa shape index (κ1) is 13.1. The predicted molar refractivity (Wildman–Crippen MR) is 72.3 cm³/mol. The van der Waals surface area contributed by atoms with Crippen molar-refractivity contribution in [1.29, 1.82) is 0 Å². The number of nitrogens with zero attached hydrogens (tertiary/aromatic N) is 1. The fourth-order valence-electron chi connectivity index (χ4n) is 2.29. The molecule has 1 heterocycles. The molecule has 0 amide bonds. The van der Waals surface area contributed by atoms with Crippen molar-refractivity contribution in [3.8, 4) is 5.75 Å². The van der Waals surface area contributed by atoms with Gasteiger partial charge in [-0.1, -0.05) is 6.08 Å². The van der Waals surface area contributed by atoms with E-state index in [1.165, 1.54) is 6.07 Å². The highest BCUT2D eigenvalue weighted by Crippen LogP contribution is 2.26. The van der Waals surface area contributed by atoms with Crippen molar-refractivity contribution in [3.05, 3.63) is 35.7 Å². The molecule has 3 heteroatoms. The van der Waals surface area contributed by atoms with Crippen LogP contribution in [-0.4, -0.2) is 31.1 Å². The van der Waals surface area contributed by atoms with Gasteiger partial charge in [-0.15, -0.1) is 0 Å². The van der Waals surface area contributed by atoms with E-state index in [9.17, 15) is 4.39 Å². The average Bonchev–Trinajstić information content (AvgIpc) is 2.38. The zero-order valence-corrected chi connectivity index (χ0v) is 11.2. The maximum atomic E-state index is 14.0. The topological polar surface area (TPSA) is 12.5 Å². The Hall–Kier alpha value is -1.35. The molecule has 0 fully saturated rings. The Morgan fingerprint density at radius 1 is 1.33 bits per heavy atom. The van der Waals surface area contributed by atoms with Gasteiger partial charge in [-0.05, 0) is 38.0 Å². The van der Waals surface area contributed by atoms with E-state index in [2.05, 4.69) is 24.8 Å². The lowest BCUT2D eigenvalue weighted by molar-refractivity contribution is 0.247. The number of ether oxygens (including phenoxy) is 1. The van der Waals surface area contributed by atoms with Crippen LogP contribution < -0.4 is 4.74 Å². The van der Waals surface area contributed by atoms with Gasteiger partial charge in [-0.25, -0.2) is 4.39 Å². The molecule has 1 aromatic rings. The molecule has 0 saturated heterocycles. The monoisotopic (exact) mass is 249 g/mol. The summed E-state index contributed by atoms with van der Waals surface area (Å²) in [6, 6.07) is 5.57. The number of hydrogen-bond donors (Lipinski definition) is 0. The molecule has 1 aliphatic rings. The summed E-state index contributed by atoms with van der Waals surface area (Å²) in [5, 5.41) is 0. The van der Waals surface area contributed by atoms with Gasteiger partial charge in [0.25, 0.3) is 0 Å². The largest absolute Gasteiger partial charge is 0.497 e. The van der Waals surface area contributed by atoms with E-state index in [-0.39, 0.29) is 5.82 Å². The van der Waals surface area contributed by atoms with E-state index in [4.69, 9.17) is 4.74 Å². The Bertz CT molecular complexity index is 454. The van der Waals surface area contributed by atoms with Gasteiger partial charge >= 0.3 is 0 Å². The third-order valence-corrected chi connectivity index (χ3v) is 3.43. The van der Waals surface area contributed by atoms with Crippen molar-refractivity contribution >= 4 is 5.57 Å². The molecule has 2 rings (SSSR count). The molecule has 1 aromatic carbocycles. The molecular weight excluding hydrogens is 229 g/mol. The third kappa shape index (κ3) is 2.72. The summed E-state index contributed by atoms with van der Waals surface area (Å²) in [5.74, 6) is 0.361. The van der Waals surface area contributed by atoms with Gasteiger partial charge in [0.15, 0.2) is 0 Å². The zero-order chi connectivity index (χ0) is 13.1. The predicted octanol–water partition coefficient (Wildman–Crippen LogP) is 3.33. The molecular formula is C15H20FNO. The van der Waals surface area contributed by atoms with E-state index in [0.717, 1.165) is 25.1 Å². The Balaban J connectivity index is 2.24. The van der Waals surface area contributed by atoms with Crippen LogP contribution in [0.3, 0.4) is 0 Å². The van der Waals surface area contributed by atoms with Crippen molar-refractivity contribution in [2.45, 2.75) is 26.3 Å². The number of halogens is 1. The van der Waals surface area contributed by atoms with Crippen molar-refractivity contribution in [2.24, 2.45) is 0 Å². The first-order valence-electron chi connectivity index (χ1n) is 6.39. The number of benzene rings is 1. The molecule has 0 N–H and O–H groups in total. The summed E-state index contributed by atoms with van der Waals surface area (Å²) in [7, 11) is 1.55. The Kier molecular flexibility index (Phi) is 4.02. The van der Waals surface area contributed by atoms with E-state index in [0.29, 0.717) is 17.4 Å². The van der Waals surface area contributed by atoms with E-state index in [1.807, 2.05) is 12.1 Å². The van der Waals surface area contributed by atoms with Crippen LogP contribution >= 0.6 is 0 Å². The van der Waals surface area contributed by atoms with Gasteiger partial charge in [0.1, 0.15) is 11.6 Å². The molecule has 1 aliphatic heterocycles. The van der Waals surface area contributed by atoms with E-state index in [1.54, 1.807) is 7.11 Å². The molecule has 0 aliphatic carbocycles. The third-order valence-electron chi connectivity index (χ3n) is 3.43. The minimum Gasteiger partial charge on any atom is -0.497 e. The second-order valence-corrected chi connectivity index (χ2v) is 4.93. The fourth-order valence-corrected chi connectivity index (χ4v) is 2.29. The molecule has 0 unspecified atom stereocenters. The van der Waals surface area contributed by atoms with Crippen LogP contribution in [0.4, 0.5) is 4.39 Å². The van der Waals surface area contributed by atoms with E-state index >= 15 is 0 Å². The van der Waals surface area contributed by atoms with Gasteiger partial charge in [-0.3, -0.25) is 4.90 Å². The molecule has 0 saturated carbocycles. The van der Waals surface area contributed by atoms with Gasteiger partial charge in [0.2, 0.25) is 0 Å². The molecule has 18 heavy (non-hydrogen) atoms. The first-order valence-corrected chi connectivity index (χ1v) is 6.39. The lowest BCUT2D eigenvalue weighted by atomic mass is 9.99. The standard InChI is InChI=1S/C15H20FNO/c1-11(2)17-8-4-5-12(10-17)14-7-6-13(18-3)9-15(14)16/h5-7,9,11H,4,8,10H2,1-3H3. The van der Waals surface area contributed by atoms with Crippen molar-refractivity contribution < 1.29 is 9.13 Å². The summed E-state index contributed by atoms with van der Waals surface area (Å²) in [6.07, 6.45) is 3.13. The number of hydrogen-bond acceptors (Lipinski definition) is 2. The number of methoxy groups -OCH3 is 1. The van der Waals surface area contributed by atoms with Crippen LogP contribution in [0.25, 0.3) is 5.57 Å². The van der Waals surface area contributed by atoms with Crippen LogP contribution in [0.2, 0.25) is 0 Å². The summed E-state index contributed by atoms with van der Waals surface area (Å²) in [4.78, 5) is 2.36. The fraction of sp³-hybridized carbons (Fsp3) is 0.467. The minimum absolute atomic E-state index is 0.203. The van der Waals surface area contributed by atoms with Crippen molar-refractivity contribution in [1.82, 2.24) is 4.90 Å². The van der Waals surface area contributed by atoms with Crippen molar-refractivity contribution in [3.63, 3.8) is 0 Å². The van der Waals surface area contributed by atoms with Gasteiger partial charge in [0, 0.05) is 30.8 Å². The molecule has 2 nitrogen and oxygen atoms in total. The smallest absolute Gasteiger partial charge is 0.134 e. The lowest BCUT2D eigenvalue weighted by Crippen LogP contribution is -2.35. The Morgan fingerprint density at radius 3 is 2.72 bits per heavy atom. The van der Waals surface area contributed by atoms with Crippen LogP contribution in [0.5, 0.6) is 5.75 Å². The van der Waals surface area contributed by atoms with Crippen LogP contribution in [0.1, 0.15) is 25.8 Å². The lowest BCUT2D eigenvalue weighted by Gasteiger charge is -2.30. The van der Waals surface area contributed by atoms with E-state index < -0.39 is 0 Å². The van der Waals surface area contributed by atoms with Crippen molar-refractivity contribution in [2.75, 3.05) is 20.2 Å². The summed E-state index contributed by atoms with van der Waals surface area (Å²) in [6.45, 7) is 6.22. The molecule has 0 spiro atoms. The Morgan fingerprint density at radius 2 is 2.11 bits per heavy atom. The second kappa shape index (κ2) is 5.53. The van der Waals surface area contributed by atoms with Crippen LogP contribution in [-0.2, 0) is 0 Å². The highest BCUT2D eigenvalue weighted by Gasteiger charge is 2.18. The SMILES string of the molecule is COc1ccc(C2=CCCN(C(C)C)C2)c(F)c1. The van der Waals surface area contributed by atoms with Gasteiger partial charge in [0.05, 0.1) is 7.11 Å². The van der Waals surface area contributed by atoms with Crippen LogP contribution in [0, 0.1) is 5.82 Å².